The fourth-order valence-electron chi connectivity index (χ4n) is 2.73. The van der Waals surface area contributed by atoms with Crippen LogP contribution in [0.15, 0.2) is 42.7 Å². The topological polar surface area (TPSA) is 83.4 Å². The summed E-state index contributed by atoms with van der Waals surface area (Å²) in [6.07, 6.45) is 3.53. The first-order chi connectivity index (χ1) is 10.1. The van der Waals surface area contributed by atoms with Crippen LogP contribution in [-0.2, 0) is 12.3 Å². The highest BCUT2D eigenvalue weighted by molar-refractivity contribution is 5.41. The van der Waals surface area contributed by atoms with E-state index < -0.39 is 10.6 Å². The SMILES string of the molecule is CCN1c2nccc[n+]2C[C@@]1(O)c1ccc([N+](=O)[O-])cc1. The Balaban J connectivity index is 2.03. The van der Waals surface area contributed by atoms with Gasteiger partial charge in [0, 0.05) is 23.8 Å². The van der Waals surface area contributed by atoms with E-state index in [2.05, 4.69) is 4.98 Å². The number of nitro groups is 1. The molecular weight excluding hydrogens is 272 g/mol. The summed E-state index contributed by atoms with van der Waals surface area (Å²) in [5, 5.41) is 21.8. The van der Waals surface area contributed by atoms with E-state index >= 15 is 0 Å². The van der Waals surface area contributed by atoms with E-state index in [0.717, 1.165) is 0 Å². The second-order valence-electron chi connectivity index (χ2n) is 4.91. The van der Waals surface area contributed by atoms with Crippen LogP contribution in [0.3, 0.4) is 0 Å². The van der Waals surface area contributed by atoms with Crippen molar-refractivity contribution in [1.82, 2.24) is 4.98 Å². The van der Waals surface area contributed by atoms with Gasteiger partial charge in [0.2, 0.25) is 5.72 Å². The Bertz CT molecular complexity index is 689. The lowest BCUT2D eigenvalue weighted by Crippen LogP contribution is -2.45. The summed E-state index contributed by atoms with van der Waals surface area (Å²) in [5.41, 5.74) is -0.627. The second kappa shape index (κ2) is 4.78. The molecule has 7 heteroatoms. The van der Waals surface area contributed by atoms with Gasteiger partial charge in [-0.3, -0.25) is 10.1 Å². The van der Waals surface area contributed by atoms with Crippen LogP contribution < -0.4 is 9.47 Å². The van der Waals surface area contributed by atoms with Crippen LogP contribution in [0.4, 0.5) is 11.6 Å². The number of aromatic nitrogens is 2. The van der Waals surface area contributed by atoms with Crippen LogP contribution >= 0.6 is 0 Å². The number of fused-ring (bicyclic) bond motifs is 1. The van der Waals surface area contributed by atoms with E-state index in [4.69, 9.17) is 0 Å². The Labute approximate surface area is 121 Å². The van der Waals surface area contributed by atoms with Gasteiger partial charge in [0.05, 0.1) is 17.7 Å². The number of benzene rings is 1. The molecule has 7 nitrogen and oxygen atoms in total. The van der Waals surface area contributed by atoms with Gasteiger partial charge in [0.1, 0.15) is 12.7 Å². The molecule has 0 radical (unpaired) electrons. The molecule has 2 aromatic rings. The maximum absolute atomic E-state index is 11.1. The van der Waals surface area contributed by atoms with Gasteiger partial charge >= 0.3 is 5.95 Å². The molecule has 0 saturated heterocycles. The minimum atomic E-state index is -1.24. The van der Waals surface area contributed by atoms with Crippen LogP contribution in [0.5, 0.6) is 0 Å². The number of nitro benzene ring substituents is 1. The predicted molar refractivity (Wildman–Crippen MR) is 74.4 cm³/mol. The number of nitrogens with zero attached hydrogens (tertiary/aromatic N) is 4. The largest absolute Gasteiger partial charge is 0.396 e. The Morgan fingerprint density at radius 2 is 2.19 bits per heavy atom. The van der Waals surface area contributed by atoms with Crippen molar-refractivity contribution in [3.05, 3.63) is 58.4 Å². The third kappa shape index (κ3) is 2.02. The smallest absolute Gasteiger partial charge is 0.353 e. The van der Waals surface area contributed by atoms with Gasteiger partial charge in [-0.05, 0) is 19.1 Å². The number of aliphatic hydroxyl groups is 1. The number of anilines is 1. The van der Waals surface area contributed by atoms with Crippen LogP contribution in [0.25, 0.3) is 0 Å². The molecule has 2 heterocycles. The van der Waals surface area contributed by atoms with E-state index in [1.54, 1.807) is 29.3 Å². The lowest BCUT2D eigenvalue weighted by molar-refractivity contribution is -0.685. The van der Waals surface area contributed by atoms with Gasteiger partial charge < -0.3 is 5.11 Å². The fourth-order valence-corrected chi connectivity index (χ4v) is 2.73. The van der Waals surface area contributed by atoms with E-state index in [0.29, 0.717) is 24.6 Å². The summed E-state index contributed by atoms with van der Waals surface area (Å²) in [5.74, 6) is 0.681. The maximum atomic E-state index is 11.1. The number of hydrogen-bond acceptors (Lipinski definition) is 5. The summed E-state index contributed by atoms with van der Waals surface area (Å²) in [6, 6.07) is 7.80. The summed E-state index contributed by atoms with van der Waals surface area (Å²) in [6.45, 7) is 2.84. The van der Waals surface area contributed by atoms with Crippen molar-refractivity contribution in [2.75, 3.05) is 11.4 Å². The van der Waals surface area contributed by atoms with Gasteiger partial charge in [0.15, 0.2) is 0 Å². The zero-order chi connectivity index (χ0) is 15.0. The normalized spacial score (nSPS) is 20.4. The molecule has 0 fully saturated rings. The molecule has 1 aliphatic heterocycles. The van der Waals surface area contributed by atoms with Crippen molar-refractivity contribution in [1.29, 1.82) is 0 Å². The average Bonchev–Trinajstić information content (AvgIpc) is 2.79. The first kappa shape index (κ1) is 13.4. The highest BCUT2D eigenvalue weighted by Gasteiger charge is 2.50. The number of hydrogen-bond donors (Lipinski definition) is 1. The summed E-state index contributed by atoms with van der Waals surface area (Å²) in [7, 11) is 0. The molecule has 1 N–H and O–H groups in total. The standard InChI is InChI=1S/C14H15N4O3/c1-2-17-13-15-8-3-9-16(13)10-14(17,19)11-4-6-12(7-5-11)18(20)21/h3-9,19H,2,10H2,1H3/q+1/t14-/m1/s1. The van der Waals surface area contributed by atoms with Crippen LogP contribution in [0.2, 0.25) is 0 Å². The number of non-ortho nitro benzene ring substituents is 1. The van der Waals surface area contributed by atoms with Crippen LogP contribution in [0, 0.1) is 10.1 Å². The van der Waals surface area contributed by atoms with E-state index in [9.17, 15) is 15.2 Å². The van der Waals surface area contributed by atoms with Gasteiger partial charge in [0.25, 0.3) is 5.69 Å². The predicted octanol–water partition coefficient (Wildman–Crippen LogP) is 0.962. The monoisotopic (exact) mass is 287 g/mol. The minimum absolute atomic E-state index is 0.00619. The minimum Gasteiger partial charge on any atom is -0.353 e. The molecule has 3 rings (SSSR count). The van der Waals surface area contributed by atoms with Gasteiger partial charge in [-0.25, -0.2) is 9.47 Å². The molecule has 1 atom stereocenters. The van der Waals surface area contributed by atoms with Crippen molar-refractivity contribution < 1.29 is 14.6 Å². The Morgan fingerprint density at radius 3 is 2.81 bits per heavy atom. The molecule has 108 valence electrons. The van der Waals surface area contributed by atoms with Crippen molar-refractivity contribution in [3.63, 3.8) is 0 Å². The molecular formula is C14H15N4O3+. The highest BCUT2D eigenvalue weighted by atomic mass is 16.6. The Morgan fingerprint density at radius 1 is 1.48 bits per heavy atom. The number of rotatable bonds is 3. The Kier molecular flexibility index (Phi) is 3.06. The van der Waals surface area contributed by atoms with Crippen molar-refractivity contribution in [2.24, 2.45) is 0 Å². The summed E-state index contributed by atoms with van der Waals surface area (Å²) < 4.78 is 1.87. The average molecular weight is 287 g/mol. The van der Waals surface area contributed by atoms with E-state index in [-0.39, 0.29) is 5.69 Å². The van der Waals surface area contributed by atoms with Crippen LogP contribution in [-0.4, -0.2) is 21.6 Å². The molecule has 0 spiro atoms. The van der Waals surface area contributed by atoms with Crippen molar-refractivity contribution in [3.8, 4) is 0 Å². The van der Waals surface area contributed by atoms with Crippen LogP contribution in [0.1, 0.15) is 12.5 Å². The first-order valence-electron chi connectivity index (χ1n) is 6.65. The maximum Gasteiger partial charge on any atom is 0.396 e. The first-order valence-corrected chi connectivity index (χ1v) is 6.65. The molecule has 1 aliphatic rings. The quantitative estimate of drug-likeness (QED) is 0.516. The van der Waals surface area contributed by atoms with E-state index in [1.807, 2.05) is 17.7 Å². The lowest BCUT2D eigenvalue weighted by atomic mass is 10.0. The van der Waals surface area contributed by atoms with Crippen molar-refractivity contribution in [2.45, 2.75) is 19.2 Å². The third-order valence-corrected chi connectivity index (χ3v) is 3.73. The van der Waals surface area contributed by atoms with Gasteiger partial charge in [-0.15, -0.1) is 0 Å². The molecule has 1 aromatic heterocycles. The third-order valence-electron chi connectivity index (χ3n) is 3.73. The molecule has 0 saturated carbocycles. The number of likely N-dealkylation sites (N-methyl/N-ethyl adjacent to an activating group) is 1. The van der Waals surface area contributed by atoms with Gasteiger partial charge in [-0.2, -0.15) is 0 Å². The fraction of sp³-hybridized carbons (Fsp3) is 0.286. The molecule has 0 aliphatic carbocycles. The lowest BCUT2D eigenvalue weighted by Gasteiger charge is -2.27. The summed E-state index contributed by atoms with van der Waals surface area (Å²) >= 11 is 0. The molecule has 0 bridgehead atoms. The molecule has 1 aromatic carbocycles. The van der Waals surface area contributed by atoms with Crippen molar-refractivity contribution >= 4 is 11.6 Å². The zero-order valence-electron chi connectivity index (χ0n) is 11.5. The second-order valence-corrected chi connectivity index (χ2v) is 4.91. The molecule has 0 unspecified atom stereocenters. The summed E-state index contributed by atoms with van der Waals surface area (Å²) in [4.78, 5) is 16.4. The Hall–Kier alpha value is -2.54. The van der Waals surface area contributed by atoms with Gasteiger partial charge in [-0.1, -0.05) is 4.98 Å². The zero-order valence-corrected chi connectivity index (χ0v) is 11.5. The molecule has 21 heavy (non-hydrogen) atoms. The molecule has 0 amide bonds. The highest BCUT2D eigenvalue weighted by Crippen LogP contribution is 2.33. The van der Waals surface area contributed by atoms with E-state index in [1.165, 1.54) is 12.1 Å².